The van der Waals surface area contributed by atoms with Crippen molar-refractivity contribution in [2.24, 2.45) is 5.92 Å². The van der Waals surface area contributed by atoms with Gasteiger partial charge >= 0.3 is 0 Å². The summed E-state index contributed by atoms with van der Waals surface area (Å²) in [5, 5.41) is 14.2. The van der Waals surface area contributed by atoms with Gasteiger partial charge in [0.05, 0.1) is 9.82 Å². The van der Waals surface area contributed by atoms with Crippen LogP contribution in [0.2, 0.25) is 0 Å². The van der Waals surface area contributed by atoms with E-state index in [0.29, 0.717) is 23.6 Å². The molecule has 1 aliphatic heterocycles. The molecule has 2 N–H and O–H groups in total. The van der Waals surface area contributed by atoms with E-state index >= 15 is 0 Å². The topological polar surface area (TPSA) is 101 Å². The lowest BCUT2D eigenvalue weighted by atomic mass is 9.96. The van der Waals surface area contributed by atoms with Crippen molar-refractivity contribution in [1.82, 2.24) is 10.0 Å². The molecule has 1 fully saturated rings. The Morgan fingerprint density at radius 3 is 2.67 bits per heavy atom. The summed E-state index contributed by atoms with van der Waals surface area (Å²) in [5.74, 6) is 0.472. The van der Waals surface area contributed by atoms with Gasteiger partial charge in [-0.2, -0.15) is 0 Å². The molecule has 1 atom stereocenters. The Kier molecular flexibility index (Phi) is 7.59. The molecule has 0 saturated carbocycles. The van der Waals surface area contributed by atoms with Gasteiger partial charge in [0.15, 0.2) is 0 Å². The van der Waals surface area contributed by atoms with Crippen LogP contribution in [-0.4, -0.2) is 33.0 Å². The predicted octanol–water partition coefficient (Wildman–Crippen LogP) is 2.30. The van der Waals surface area contributed by atoms with E-state index in [2.05, 4.69) is 10.0 Å². The number of sulfonamides is 1. The normalized spacial score (nSPS) is 18.0. The van der Waals surface area contributed by atoms with Crippen molar-refractivity contribution in [2.45, 2.75) is 38.0 Å². The molecule has 7 nitrogen and oxygen atoms in total. The van der Waals surface area contributed by atoms with Crippen LogP contribution in [0.15, 0.2) is 17.0 Å². The zero-order chi connectivity index (χ0) is 17.0. The average Bonchev–Trinajstić information content (AvgIpc) is 2.50. The number of halogens is 1. The summed E-state index contributed by atoms with van der Waals surface area (Å²) in [5.41, 5.74) is 0.934. The highest BCUT2D eigenvalue weighted by Crippen LogP contribution is 2.25. The van der Waals surface area contributed by atoms with Gasteiger partial charge in [0.1, 0.15) is 0 Å². The van der Waals surface area contributed by atoms with Crippen molar-refractivity contribution in [2.75, 3.05) is 19.6 Å². The number of nitrogens with zero attached hydrogens (tertiary/aromatic N) is 1. The minimum atomic E-state index is -3.75. The highest BCUT2D eigenvalue weighted by molar-refractivity contribution is 7.89. The number of rotatable bonds is 6. The van der Waals surface area contributed by atoms with Gasteiger partial charge < -0.3 is 5.32 Å². The molecule has 1 saturated heterocycles. The Bertz CT molecular complexity index is 688. The molecule has 1 heterocycles. The van der Waals surface area contributed by atoms with Crippen LogP contribution in [0.5, 0.6) is 0 Å². The molecule has 0 radical (unpaired) electrons. The molecule has 136 valence electrons. The predicted molar refractivity (Wildman–Crippen MR) is 95.2 cm³/mol. The van der Waals surface area contributed by atoms with E-state index in [-0.39, 0.29) is 23.0 Å². The molecule has 1 aromatic rings. The Morgan fingerprint density at radius 2 is 2.08 bits per heavy atom. The highest BCUT2D eigenvalue weighted by atomic mass is 35.5. The first-order chi connectivity index (χ1) is 10.8. The van der Waals surface area contributed by atoms with Gasteiger partial charge in [0.25, 0.3) is 5.69 Å². The molecular formula is C15H24ClN3O4S. The monoisotopic (exact) mass is 377 g/mol. The van der Waals surface area contributed by atoms with Crippen molar-refractivity contribution in [3.63, 3.8) is 0 Å². The molecule has 24 heavy (non-hydrogen) atoms. The van der Waals surface area contributed by atoms with Gasteiger partial charge in [0, 0.05) is 18.7 Å². The Hall–Kier alpha value is -1.22. The third kappa shape index (κ3) is 5.14. The number of hydrogen-bond donors (Lipinski definition) is 2. The molecule has 0 amide bonds. The smallest absolute Gasteiger partial charge is 0.271 e. The fraction of sp³-hybridized carbons (Fsp3) is 0.600. The minimum Gasteiger partial charge on any atom is -0.316 e. The number of nitrogens with one attached hydrogen (secondary N) is 2. The maximum Gasteiger partial charge on any atom is 0.271 e. The van der Waals surface area contributed by atoms with E-state index in [4.69, 9.17) is 0 Å². The number of non-ortho nitro benzene ring substituents is 1. The standard InChI is InChI=1S/C15H23N3O4S.ClH/c1-11-8-14(18(19)20)9-15(12(11)2)23(21,22)17-7-5-13-4-3-6-16-10-13;/h8-9,13,16-17H,3-7,10H2,1-2H3;1H. The molecule has 1 aliphatic rings. The summed E-state index contributed by atoms with van der Waals surface area (Å²) < 4.78 is 27.5. The van der Waals surface area contributed by atoms with Gasteiger partial charge in [-0.15, -0.1) is 12.4 Å². The lowest BCUT2D eigenvalue weighted by molar-refractivity contribution is -0.385. The summed E-state index contributed by atoms with van der Waals surface area (Å²) >= 11 is 0. The molecule has 0 bridgehead atoms. The van der Waals surface area contributed by atoms with Crippen molar-refractivity contribution >= 4 is 28.1 Å². The summed E-state index contributed by atoms with van der Waals surface area (Å²) in [6, 6.07) is 2.52. The molecule has 2 rings (SSSR count). The summed E-state index contributed by atoms with van der Waals surface area (Å²) in [6.45, 7) is 5.62. The molecule has 0 aromatic heterocycles. The summed E-state index contributed by atoms with van der Waals surface area (Å²) in [7, 11) is -3.75. The second-order valence-corrected chi connectivity index (χ2v) is 7.78. The highest BCUT2D eigenvalue weighted by Gasteiger charge is 2.22. The summed E-state index contributed by atoms with van der Waals surface area (Å²) in [6.07, 6.45) is 2.98. The second kappa shape index (κ2) is 8.75. The van der Waals surface area contributed by atoms with E-state index in [1.54, 1.807) is 13.8 Å². The number of nitro groups is 1. The van der Waals surface area contributed by atoms with Crippen LogP contribution in [-0.2, 0) is 10.0 Å². The maximum absolute atomic E-state index is 12.5. The molecule has 9 heteroatoms. The van der Waals surface area contributed by atoms with Crippen LogP contribution in [0.4, 0.5) is 5.69 Å². The van der Waals surface area contributed by atoms with E-state index in [9.17, 15) is 18.5 Å². The van der Waals surface area contributed by atoms with Crippen molar-refractivity contribution < 1.29 is 13.3 Å². The van der Waals surface area contributed by atoms with Crippen LogP contribution in [0, 0.1) is 29.9 Å². The SMILES string of the molecule is Cc1cc([N+](=O)[O-])cc(S(=O)(=O)NCCC2CCCNC2)c1C.Cl. The van der Waals surface area contributed by atoms with Crippen LogP contribution in [0.25, 0.3) is 0 Å². The van der Waals surface area contributed by atoms with Crippen LogP contribution < -0.4 is 10.0 Å². The first kappa shape index (κ1) is 20.8. The van der Waals surface area contributed by atoms with Gasteiger partial charge in [-0.1, -0.05) is 0 Å². The number of hydrogen-bond acceptors (Lipinski definition) is 5. The molecule has 0 aliphatic carbocycles. The quantitative estimate of drug-likeness (QED) is 0.585. The Labute approximate surface area is 148 Å². The maximum atomic E-state index is 12.5. The second-order valence-electron chi connectivity index (χ2n) is 6.04. The molecule has 0 spiro atoms. The van der Waals surface area contributed by atoms with E-state index in [1.807, 2.05) is 0 Å². The lowest BCUT2D eigenvalue weighted by Gasteiger charge is -2.22. The number of aryl methyl sites for hydroxylation is 1. The Balaban J connectivity index is 0.00000288. The largest absolute Gasteiger partial charge is 0.316 e. The number of nitro benzene ring substituents is 1. The van der Waals surface area contributed by atoms with Crippen LogP contribution in [0.3, 0.4) is 0 Å². The fourth-order valence-electron chi connectivity index (χ4n) is 2.84. The third-order valence-corrected chi connectivity index (χ3v) is 5.94. The lowest BCUT2D eigenvalue weighted by Crippen LogP contribution is -2.33. The summed E-state index contributed by atoms with van der Waals surface area (Å²) in [4.78, 5) is 10.4. The molecule has 1 aromatic carbocycles. The van der Waals surface area contributed by atoms with E-state index in [1.165, 1.54) is 6.07 Å². The zero-order valence-electron chi connectivity index (χ0n) is 13.9. The van der Waals surface area contributed by atoms with Crippen molar-refractivity contribution in [1.29, 1.82) is 0 Å². The minimum absolute atomic E-state index is 0. The van der Waals surface area contributed by atoms with E-state index < -0.39 is 14.9 Å². The molecular weight excluding hydrogens is 354 g/mol. The zero-order valence-corrected chi connectivity index (χ0v) is 15.5. The first-order valence-corrected chi connectivity index (χ1v) is 9.25. The van der Waals surface area contributed by atoms with Gasteiger partial charge in [-0.25, -0.2) is 13.1 Å². The van der Waals surface area contributed by atoms with Crippen LogP contribution >= 0.6 is 12.4 Å². The van der Waals surface area contributed by atoms with Crippen molar-refractivity contribution in [3.05, 3.63) is 33.4 Å². The van der Waals surface area contributed by atoms with Gasteiger partial charge in [0.2, 0.25) is 10.0 Å². The van der Waals surface area contributed by atoms with E-state index in [0.717, 1.165) is 38.4 Å². The fourth-order valence-corrected chi connectivity index (χ4v) is 4.22. The Morgan fingerprint density at radius 1 is 1.38 bits per heavy atom. The number of piperidine rings is 1. The van der Waals surface area contributed by atoms with Crippen LogP contribution in [0.1, 0.15) is 30.4 Å². The van der Waals surface area contributed by atoms with Gasteiger partial charge in [-0.3, -0.25) is 10.1 Å². The van der Waals surface area contributed by atoms with Gasteiger partial charge in [-0.05, 0) is 63.2 Å². The first-order valence-electron chi connectivity index (χ1n) is 7.77. The number of benzene rings is 1. The molecule has 1 unspecified atom stereocenters. The average molecular weight is 378 g/mol. The third-order valence-electron chi connectivity index (χ3n) is 4.35. The van der Waals surface area contributed by atoms with Crippen molar-refractivity contribution in [3.8, 4) is 0 Å².